The minimum absolute atomic E-state index is 0.0148. The number of ether oxygens (including phenoxy) is 5. The third-order valence-corrected chi connectivity index (χ3v) is 5.52. The standard InChI is InChI=1S/C19H21NO6/c1-11(21)20-13-9-18-16-15(24-16)7-8-19(18,23-10-13)26-17(25-18)12-3-5-14(22-2)6-4-12/h3-8,13,15-17H,9-10H2,1-2H3,(H,20,21)/t13-,15-,16-,17?,18-,19+/m0/s1. The average Bonchev–Trinajstić information content (AvgIpc) is 3.35. The summed E-state index contributed by atoms with van der Waals surface area (Å²) in [5.74, 6) is -0.317. The fourth-order valence-electron chi connectivity index (χ4n) is 4.31. The van der Waals surface area contributed by atoms with Crippen LogP contribution in [0.4, 0.5) is 0 Å². The minimum atomic E-state index is -0.996. The van der Waals surface area contributed by atoms with Crippen molar-refractivity contribution in [3.05, 3.63) is 42.0 Å². The molecular formula is C19H21NO6. The molecule has 0 spiro atoms. The smallest absolute Gasteiger partial charge is 0.223 e. The first-order valence-corrected chi connectivity index (χ1v) is 8.81. The lowest BCUT2D eigenvalue weighted by Gasteiger charge is -2.47. The molecule has 7 nitrogen and oxygen atoms in total. The molecule has 1 N–H and O–H groups in total. The summed E-state index contributed by atoms with van der Waals surface area (Å²) in [6, 6.07) is 7.43. The summed E-state index contributed by atoms with van der Waals surface area (Å²) in [5, 5.41) is 2.93. The summed E-state index contributed by atoms with van der Waals surface area (Å²) in [7, 11) is 1.63. The average molecular weight is 359 g/mol. The summed E-state index contributed by atoms with van der Waals surface area (Å²) in [5.41, 5.74) is 0.105. The Bertz CT molecular complexity index is 764. The van der Waals surface area contributed by atoms with E-state index in [1.54, 1.807) is 7.11 Å². The van der Waals surface area contributed by atoms with E-state index in [9.17, 15) is 4.79 Å². The number of benzene rings is 1. The van der Waals surface area contributed by atoms with Gasteiger partial charge in [-0.3, -0.25) is 4.79 Å². The van der Waals surface area contributed by atoms with Crippen molar-refractivity contribution in [1.82, 2.24) is 5.32 Å². The molecule has 26 heavy (non-hydrogen) atoms. The first-order valence-electron chi connectivity index (χ1n) is 8.81. The van der Waals surface area contributed by atoms with Gasteiger partial charge < -0.3 is 29.0 Å². The maximum atomic E-state index is 11.5. The zero-order valence-corrected chi connectivity index (χ0v) is 14.6. The fourth-order valence-corrected chi connectivity index (χ4v) is 4.31. The summed E-state index contributed by atoms with van der Waals surface area (Å²) < 4.78 is 29.9. The number of epoxide rings is 1. The van der Waals surface area contributed by atoms with Gasteiger partial charge in [0, 0.05) is 18.9 Å². The molecule has 1 unspecified atom stereocenters. The van der Waals surface area contributed by atoms with Crippen LogP contribution in [0.3, 0.4) is 0 Å². The Morgan fingerprint density at radius 3 is 2.81 bits per heavy atom. The maximum absolute atomic E-state index is 11.5. The molecule has 3 aliphatic heterocycles. The van der Waals surface area contributed by atoms with E-state index in [0.29, 0.717) is 13.0 Å². The first kappa shape index (κ1) is 16.3. The number of carbonyl (C=O) groups excluding carboxylic acids is 1. The molecule has 1 amide bonds. The number of fused-ring (bicyclic) bond motifs is 1. The molecule has 1 aromatic rings. The third kappa shape index (κ3) is 2.24. The molecular weight excluding hydrogens is 338 g/mol. The SMILES string of the molecule is COc1ccc(C2O[C@]34C=C[C@@H]5O[C@@H]5[C@]3(C[C@H](NC(C)=O)CO4)O2)cc1. The van der Waals surface area contributed by atoms with Gasteiger partial charge in [0.05, 0.1) is 19.8 Å². The minimum Gasteiger partial charge on any atom is -0.497 e. The number of methoxy groups -OCH3 is 1. The summed E-state index contributed by atoms with van der Waals surface area (Å²) in [6.07, 6.45) is 3.76. The molecule has 0 aromatic heterocycles. The normalized spacial score (nSPS) is 42.4. The van der Waals surface area contributed by atoms with Gasteiger partial charge in [0.2, 0.25) is 11.7 Å². The second kappa shape index (κ2) is 5.53. The van der Waals surface area contributed by atoms with Gasteiger partial charge in [0.1, 0.15) is 18.0 Å². The highest BCUT2D eigenvalue weighted by molar-refractivity contribution is 5.73. The molecule has 3 fully saturated rings. The number of amides is 1. The number of hydrogen-bond donors (Lipinski definition) is 1. The molecule has 138 valence electrons. The monoisotopic (exact) mass is 359 g/mol. The van der Waals surface area contributed by atoms with Gasteiger partial charge in [-0.1, -0.05) is 18.2 Å². The van der Waals surface area contributed by atoms with Gasteiger partial charge in [0.25, 0.3) is 0 Å². The Kier molecular flexibility index (Phi) is 3.46. The van der Waals surface area contributed by atoms with E-state index in [0.717, 1.165) is 11.3 Å². The topological polar surface area (TPSA) is 78.6 Å². The molecule has 1 aromatic carbocycles. The van der Waals surface area contributed by atoms with Crippen LogP contribution in [0.2, 0.25) is 0 Å². The highest BCUT2D eigenvalue weighted by Gasteiger charge is 2.75. The van der Waals surface area contributed by atoms with E-state index in [2.05, 4.69) is 5.32 Å². The Balaban J connectivity index is 1.48. The summed E-state index contributed by atoms with van der Waals surface area (Å²) >= 11 is 0. The van der Waals surface area contributed by atoms with Crippen molar-refractivity contribution in [3.63, 3.8) is 0 Å². The van der Waals surface area contributed by atoms with E-state index >= 15 is 0 Å². The van der Waals surface area contributed by atoms with Crippen molar-refractivity contribution in [1.29, 1.82) is 0 Å². The van der Waals surface area contributed by atoms with Crippen molar-refractivity contribution in [3.8, 4) is 5.75 Å². The Morgan fingerprint density at radius 1 is 1.27 bits per heavy atom. The van der Waals surface area contributed by atoms with Crippen molar-refractivity contribution >= 4 is 5.91 Å². The quantitative estimate of drug-likeness (QED) is 0.650. The van der Waals surface area contributed by atoms with Crippen molar-refractivity contribution in [2.24, 2.45) is 0 Å². The van der Waals surface area contributed by atoms with Gasteiger partial charge in [-0.05, 0) is 18.2 Å². The third-order valence-electron chi connectivity index (χ3n) is 5.52. The van der Waals surface area contributed by atoms with Crippen molar-refractivity contribution in [2.75, 3.05) is 13.7 Å². The number of nitrogens with one attached hydrogen (secondary N) is 1. The molecule has 3 heterocycles. The molecule has 0 bridgehead atoms. The van der Waals surface area contributed by atoms with Crippen LogP contribution in [0, 0.1) is 0 Å². The van der Waals surface area contributed by atoms with E-state index in [1.807, 2.05) is 36.4 Å². The Labute approximate surface area is 151 Å². The van der Waals surface area contributed by atoms with Crippen LogP contribution in [0.25, 0.3) is 0 Å². The maximum Gasteiger partial charge on any atom is 0.223 e. The van der Waals surface area contributed by atoms with Crippen LogP contribution < -0.4 is 10.1 Å². The van der Waals surface area contributed by atoms with Crippen LogP contribution in [-0.4, -0.2) is 49.3 Å². The van der Waals surface area contributed by atoms with Gasteiger partial charge in [-0.2, -0.15) is 0 Å². The Hall–Kier alpha value is -1.93. The van der Waals surface area contributed by atoms with Crippen LogP contribution in [0.5, 0.6) is 5.75 Å². The molecule has 7 heteroatoms. The largest absolute Gasteiger partial charge is 0.497 e. The molecule has 3 saturated heterocycles. The second-order valence-corrected chi connectivity index (χ2v) is 7.19. The van der Waals surface area contributed by atoms with Crippen molar-refractivity contribution < 1.29 is 28.5 Å². The summed E-state index contributed by atoms with van der Waals surface area (Å²) in [6.45, 7) is 1.87. The number of rotatable bonds is 3. The predicted molar refractivity (Wildman–Crippen MR) is 89.3 cm³/mol. The lowest BCUT2D eigenvalue weighted by atomic mass is 9.77. The molecule has 6 atom stereocenters. The van der Waals surface area contributed by atoms with Crippen LogP contribution in [-0.2, 0) is 23.7 Å². The Morgan fingerprint density at radius 2 is 2.08 bits per heavy atom. The van der Waals surface area contributed by atoms with Gasteiger partial charge in [0.15, 0.2) is 11.9 Å². The zero-order chi connectivity index (χ0) is 17.9. The van der Waals surface area contributed by atoms with E-state index in [-0.39, 0.29) is 24.2 Å². The van der Waals surface area contributed by atoms with E-state index in [1.165, 1.54) is 6.92 Å². The van der Waals surface area contributed by atoms with Crippen molar-refractivity contribution in [2.45, 2.75) is 49.3 Å². The highest BCUT2D eigenvalue weighted by atomic mass is 16.8. The lowest BCUT2D eigenvalue weighted by molar-refractivity contribution is -0.250. The molecule has 4 aliphatic rings. The van der Waals surface area contributed by atoms with Crippen LogP contribution in [0.15, 0.2) is 36.4 Å². The molecule has 1 aliphatic carbocycles. The second-order valence-electron chi connectivity index (χ2n) is 7.19. The number of carbonyl (C=O) groups is 1. The van der Waals surface area contributed by atoms with Gasteiger partial charge in [-0.25, -0.2) is 0 Å². The van der Waals surface area contributed by atoms with E-state index in [4.69, 9.17) is 23.7 Å². The van der Waals surface area contributed by atoms with Crippen LogP contribution in [0.1, 0.15) is 25.2 Å². The van der Waals surface area contributed by atoms with Crippen LogP contribution >= 0.6 is 0 Å². The summed E-state index contributed by atoms with van der Waals surface area (Å²) in [4.78, 5) is 11.5. The number of hydrogen-bond acceptors (Lipinski definition) is 6. The highest BCUT2D eigenvalue weighted by Crippen LogP contribution is 2.60. The molecule has 0 saturated carbocycles. The predicted octanol–water partition coefficient (Wildman–Crippen LogP) is 1.44. The van der Waals surface area contributed by atoms with Gasteiger partial charge >= 0.3 is 0 Å². The van der Waals surface area contributed by atoms with Gasteiger partial charge in [-0.15, -0.1) is 0 Å². The zero-order valence-electron chi connectivity index (χ0n) is 14.6. The van der Waals surface area contributed by atoms with E-state index < -0.39 is 17.7 Å². The first-order chi connectivity index (χ1) is 12.6. The fraction of sp³-hybridized carbons (Fsp3) is 0.526. The lowest BCUT2D eigenvalue weighted by Crippen LogP contribution is -2.65. The molecule has 0 radical (unpaired) electrons. The molecule has 5 rings (SSSR count).